The fraction of sp³-hybridized carbons (Fsp3) is 0.714. The Morgan fingerprint density at radius 1 is 1.48 bits per heavy atom. The first-order valence-corrected chi connectivity index (χ1v) is 7.65. The van der Waals surface area contributed by atoms with Crippen LogP contribution in [0.25, 0.3) is 0 Å². The maximum absolute atomic E-state index is 12.2. The minimum Gasteiger partial charge on any atom is -0.360 e. The number of aromatic nitrogens is 1. The Morgan fingerprint density at radius 2 is 2.33 bits per heavy atom. The Balaban J connectivity index is 1.44. The number of nitrogens with zero attached hydrogens (tertiary/aromatic N) is 3. The van der Waals surface area contributed by atoms with E-state index in [-0.39, 0.29) is 12.1 Å². The summed E-state index contributed by atoms with van der Waals surface area (Å²) >= 11 is 0. The largest absolute Gasteiger partial charge is 0.360 e. The van der Waals surface area contributed by atoms with Gasteiger partial charge in [-0.1, -0.05) is 5.16 Å². The Morgan fingerprint density at radius 3 is 3.10 bits per heavy atom. The van der Waals surface area contributed by atoms with Crippen molar-refractivity contribution in [2.45, 2.75) is 37.5 Å². The molecule has 3 aliphatic heterocycles. The van der Waals surface area contributed by atoms with Crippen molar-refractivity contribution in [3.8, 4) is 0 Å². The molecule has 0 spiro atoms. The van der Waals surface area contributed by atoms with Crippen molar-refractivity contribution >= 4 is 6.03 Å². The van der Waals surface area contributed by atoms with Gasteiger partial charge in [0.2, 0.25) is 0 Å². The first kappa shape index (κ1) is 13.1. The number of rotatable bonds is 4. The molecular formula is C14H21N5O2. The van der Waals surface area contributed by atoms with Gasteiger partial charge in [-0.15, -0.1) is 0 Å². The van der Waals surface area contributed by atoms with Crippen molar-refractivity contribution < 1.29 is 9.32 Å². The third-order valence-electron chi connectivity index (χ3n) is 4.92. The molecule has 0 unspecified atom stereocenters. The van der Waals surface area contributed by atoms with Gasteiger partial charge in [0.05, 0.1) is 18.6 Å². The van der Waals surface area contributed by atoms with Crippen LogP contribution in [0.4, 0.5) is 4.79 Å². The van der Waals surface area contributed by atoms with E-state index in [0.717, 1.165) is 43.9 Å². The van der Waals surface area contributed by atoms with Crippen LogP contribution >= 0.6 is 0 Å². The number of piperidine rings is 1. The van der Waals surface area contributed by atoms with Gasteiger partial charge in [-0.3, -0.25) is 0 Å². The number of hydrogen-bond donors (Lipinski definition) is 2. The molecule has 2 amide bonds. The molecule has 4 heterocycles. The second kappa shape index (κ2) is 4.99. The van der Waals surface area contributed by atoms with Crippen LogP contribution in [0.15, 0.2) is 10.6 Å². The number of amides is 2. The third kappa shape index (κ3) is 2.20. The molecule has 2 atom stereocenters. The highest BCUT2D eigenvalue weighted by atomic mass is 16.5. The molecule has 21 heavy (non-hydrogen) atoms. The van der Waals surface area contributed by atoms with Gasteiger partial charge in [0.15, 0.2) is 5.76 Å². The summed E-state index contributed by atoms with van der Waals surface area (Å²) in [5, 5.41) is 10.8. The molecule has 7 heteroatoms. The van der Waals surface area contributed by atoms with E-state index in [9.17, 15) is 4.79 Å². The summed E-state index contributed by atoms with van der Waals surface area (Å²) in [7, 11) is 1.89. The maximum Gasteiger partial charge on any atom is 0.320 e. The van der Waals surface area contributed by atoms with E-state index in [2.05, 4.69) is 15.8 Å². The zero-order chi connectivity index (χ0) is 14.4. The van der Waals surface area contributed by atoms with Gasteiger partial charge in [0.25, 0.3) is 0 Å². The molecule has 114 valence electrons. The monoisotopic (exact) mass is 291 g/mol. The topological polar surface area (TPSA) is 73.6 Å². The first-order chi connectivity index (χ1) is 10.2. The van der Waals surface area contributed by atoms with Gasteiger partial charge in [0.1, 0.15) is 5.69 Å². The zero-order valence-electron chi connectivity index (χ0n) is 12.2. The number of likely N-dealkylation sites (N-methyl/N-ethyl adjacent to an activating group) is 1. The molecule has 3 saturated heterocycles. The Labute approximate surface area is 123 Å². The maximum atomic E-state index is 12.2. The second-order valence-corrected chi connectivity index (χ2v) is 6.25. The van der Waals surface area contributed by atoms with Gasteiger partial charge in [-0.05, 0) is 12.8 Å². The third-order valence-corrected chi connectivity index (χ3v) is 4.92. The lowest BCUT2D eigenvalue weighted by atomic mass is 9.98. The molecule has 4 rings (SSSR count). The number of hydrogen-bond acceptors (Lipinski definition) is 5. The lowest BCUT2D eigenvalue weighted by Crippen LogP contribution is -2.54. The van der Waals surface area contributed by atoms with E-state index in [4.69, 9.17) is 4.52 Å². The van der Waals surface area contributed by atoms with E-state index in [1.54, 1.807) is 0 Å². The van der Waals surface area contributed by atoms with E-state index in [1.165, 1.54) is 0 Å². The molecule has 7 nitrogen and oxygen atoms in total. The lowest BCUT2D eigenvalue weighted by Gasteiger charge is -2.29. The zero-order valence-corrected chi connectivity index (χ0v) is 12.2. The molecule has 1 aromatic heterocycles. The molecule has 0 radical (unpaired) electrons. The first-order valence-electron chi connectivity index (χ1n) is 7.65. The van der Waals surface area contributed by atoms with Gasteiger partial charge >= 0.3 is 6.03 Å². The van der Waals surface area contributed by atoms with Crippen LogP contribution in [0.1, 0.15) is 30.3 Å². The fourth-order valence-electron chi connectivity index (χ4n) is 3.39. The van der Waals surface area contributed by atoms with Crippen molar-refractivity contribution in [2.24, 2.45) is 0 Å². The summed E-state index contributed by atoms with van der Waals surface area (Å²) < 4.78 is 5.42. The highest BCUT2D eigenvalue weighted by molar-refractivity contribution is 5.77. The summed E-state index contributed by atoms with van der Waals surface area (Å²) in [5.74, 6) is 0.846. The van der Waals surface area contributed by atoms with Gasteiger partial charge in [-0.2, -0.15) is 0 Å². The van der Waals surface area contributed by atoms with Crippen LogP contribution in [0, 0.1) is 0 Å². The Hall–Kier alpha value is -1.60. The van der Waals surface area contributed by atoms with Crippen LogP contribution in [-0.4, -0.2) is 59.8 Å². The van der Waals surface area contributed by atoms with Gasteiger partial charge < -0.3 is 25.0 Å². The quantitative estimate of drug-likeness (QED) is 0.835. The molecule has 2 N–H and O–H groups in total. The Bertz CT molecular complexity index is 541. The van der Waals surface area contributed by atoms with Crippen LogP contribution in [0.3, 0.4) is 0 Å². The summed E-state index contributed by atoms with van der Waals surface area (Å²) in [6.45, 7) is 3.54. The molecule has 2 bridgehead atoms. The van der Waals surface area contributed by atoms with Crippen LogP contribution in [0.5, 0.6) is 0 Å². The summed E-state index contributed by atoms with van der Waals surface area (Å²) in [4.78, 5) is 16.0. The normalized spacial score (nSPS) is 29.1. The van der Waals surface area contributed by atoms with E-state index >= 15 is 0 Å². The number of urea groups is 1. The second-order valence-electron chi connectivity index (χ2n) is 6.25. The average molecular weight is 291 g/mol. The van der Waals surface area contributed by atoms with Crippen molar-refractivity contribution in [1.82, 2.24) is 25.6 Å². The highest BCUT2D eigenvalue weighted by Gasteiger charge is 2.44. The number of carbonyl (C=O) groups excluding carboxylic acids is 1. The van der Waals surface area contributed by atoms with Crippen LogP contribution < -0.4 is 10.6 Å². The van der Waals surface area contributed by atoms with Gasteiger partial charge in [-0.25, -0.2) is 4.79 Å². The predicted octanol–water partition coefficient (Wildman–Crippen LogP) is 0.307. The lowest BCUT2D eigenvalue weighted by molar-refractivity contribution is 0.177. The highest BCUT2D eigenvalue weighted by Crippen LogP contribution is 2.37. The molecule has 0 aliphatic carbocycles. The Kier molecular flexibility index (Phi) is 3.11. The SMILES string of the molecule is CN1C(=O)N2C[C@H]1CC[C@H]2c1cc(CNC2CNC2)on1. The van der Waals surface area contributed by atoms with Crippen molar-refractivity contribution in [3.63, 3.8) is 0 Å². The molecule has 0 aromatic carbocycles. The van der Waals surface area contributed by atoms with E-state index in [0.29, 0.717) is 18.6 Å². The number of nitrogens with one attached hydrogen (secondary N) is 2. The van der Waals surface area contributed by atoms with E-state index in [1.807, 2.05) is 22.9 Å². The smallest absolute Gasteiger partial charge is 0.320 e. The molecule has 3 fully saturated rings. The molecule has 1 aromatic rings. The fourth-order valence-corrected chi connectivity index (χ4v) is 3.39. The van der Waals surface area contributed by atoms with Crippen LogP contribution in [0.2, 0.25) is 0 Å². The van der Waals surface area contributed by atoms with Crippen LogP contribution in [-0.2, 0) is 6.54 Å². The number of carbonyl (C=O) groups is 1. The average Bonchev–Trinajstić information content (AvgIpc) is 2.99. The predicted molar refractivity (Wildman–Crippen MR) is 75.6 cm³/mol. The molecular weight excluding hydrogens is 270 g/mol. The number of fused-ring (bicyclic) bond motifs is 2. The molecule has 0 saturated carbocycles. The summed E-state index contributed by atoms with van der Waals surface area (Å²) in [6, 6.07) is 3.08. The molecule has 3 aliphatic rings. The van der Waals surface area contributed by atoms with E-state index < -0.39 is 0 Å². The minimum atomic E-state index is 0.0709. The summed E-state index contributed by atoms with van der Waals surface area (Å²) in [6.07, 6.45) is 2.00. The van der Waals surface area contributed by atoms with Crippen molar-refractivity contribution in [3.05, 3.63) is 17.5 Å². The standard InChI is InChI=1S/C14H21N5O2/c1-18-10-2-3-13(19(8-10)14(18)20)12-4-11(21-17-12)7-16-9-5-15-6-9/h4,9-10,13,15-16H,2-3,5-8H2,1H3/t10-,13+/m1/s1. The van der Waals surface area contributed by atoms with Crippen molar-refractivity contribution in [1.29, 1.82) is 0 Å². The van der Waals surface area contributed by atoms with Gasteiger partial charge in [0, 0.05) is 38.8 Å². The summed E-state index contributed by atoms with van der Waals surface area (Å²) in [5.41, 5.74) is 0.889. The minimum absolute atomic E-state index is 0.0709. The van der Waals surface area contributed by atoms with Crippen molar-refractivity contribution in [2.75, 3.05) is 26.7 Å².